The van der Waals surface area contributed by atoms with Crippen molar-refractivity contribution in [2.75, 3.05) is 0 Å². The third-order valence-electron chi connectivity index (χ3n) is 9.32. The monoisotopic (exact) mass is 929 g/mol. The molecular weight excluding hydrogens is 872 g/mol. The van der Waals surface area contributed by atoms with Crippen molar-refractivity contribution in [3.05, 3.63) is 150 Å². The van der Waals surface area contributed by atoms with E-state index in [0.29, 0.717) is 44.4 Å². The van der Waals surface area contributed by atoms with Gasteiger partial charge < -0.3 is 14.4 Å². The summed E-state index contributed by atoms with van der Waals surface area (Å²) >= 11 is 0. The van der Waals surface area contributed by atoms with Crippen LogP contribution in [0.15, 0.2) is 114 Å². The number of fused-ring (bicyclic) bond motifs is 5. The standard InChI is InChI=1S/C37H38NOSi.C12H9FN.Ir/c1-22(2)31-18-26(40(6,7)8)19-32(23(3)4)35(31)33-20-34(38-21-24(33)5)30-15-11-14-28-29-17-16-25-12-9-10-13-27(25)36(29)39-37(28)30;1-9-2-7-12(14-8-9)10-3-5-11(13)6-4-10;/h9-14,16-23H,1-8H3;2-3,5-8H,1H3;/q2*-1;/i5D3,18D,19D,22D,23D;1D3;. The smallest absolute Gasteiger partial charge is 0.128 e. The second-order valence-electron chi connectivity index (χ2n) is 14.8. The molecule has 1 radical (unpaired) electrons. The van der Waals surface area contributed by atoms with Gasteiger partial charge in [0.25, 0.3) is 0 Å². The maximum absolute atomic E-state index is 12.7. The van der Waals surface area contributed by atoms with Crippen molar-refractivity contribution >= 4 is 46.0 Å². The molecule has 0 aliphatic carbocycles. The number of hydrogen-bond donors (Lipinski definition) is 0. The van der Waals surface area contributed by atoms with E-state index in [2.05, 4.69) is 28.2 Å². The summed E-state index contributed by atoms with van der Waals surface area (Å²) < 4.78 is 104. The molecule has 0 unspecified atom stereocenters. The molecule has 5 aromatic carbocycles. The number of halogens is 1. The molecule has 0 atom stereocenters. The SMILES string of the molecule is [2H]C([2H])([2H])c1ccc(-c2[c-]cc(F)cc2)nc1.[2H]c1c(C([2H])(C)C)c(-c2cc(-c3[c-]ccc4c3oc3c5ccccc5ccc43)ncc2C([2H])([2H])[2H])c(C([2H])(C)C)c([2H])c1[Si](C)(C)C.[Ir]. The van der Waals surface area contributed by atoms with Crippen LogP contribution in [0.5, 0.6) is 0 Å². The van der Waals surface area contributed by atoms with E-state index >= 15 is 0 Å². The topological polar surface area (TPSA) is 38.9 Å². The summed E-state index contributed by atoms with van der Waals surface area (Å²) in [6.07, 6.45) is 2.63. The predicted octanol–water partition coefficient (Wildman–Crippen LogP) is 13.4. The van der Waals surface area contributed by atoms with Crippen LogP contribution in [0.1, 0.15) is 75.4 Å². The fourth-order valence-electron chi connectivity index (χ4n) is 6.50. The Bertz CT molecular complexity index is 3020. The Labute approximate surface area is 353 Å². The molecule has 6 heteroatoms. The number of hydrogen-bond acceptors (Lipinski definition) is 3. The van der Waals surface area contributed by atoms with Gasteiger partial charge in [0.15, 0.2) is 0 Å². The second kappa shape index (κ2) is 16.2. The van der Waals surface area contributed by atoms with Crippen LogP contribution in [0, 0.1) is 31.7 Å². The van der Waals surface area contributed by atoms with E-state index in [9.17, 15) is 9.87 Å². The first-order valence-corrected chi connectivity index (χ1v) is 21.3. The van der Waals surface area contributed by atoms with E-state index in [1.807, 2.05) is 56.0 Å². The number of furan rings is 1. The summed E-state index contributed by atoms with van der Waals surface area (Å²) in [5.41, 5.74) is 4.65. The van der Waals surface area contributed by atoms with E-state index in [1.54, 1.807) is 52.0 Å². The van der Waals surface area contributed by atoms with Gasteiger partial charge in [-0.2, -0.15) is 0 Å². The number of pyridine rings is 2. The first-order chi connectivity index (χ1) is 29.7. The van der Waals surface area contributed by atoms with Crippen LogP contribution in [-0.4, -0.2) is 18.0 Å². The quantitative estimate of drug-likeness (QED) is 0.123. The van der Waals surface area contributed by atoms with Crippen LogP contribution >= 0.6 is 0 Å². The van der Waals surface area contributed by atoms with Crippen LogP contribution in [0.2, 0.25) is 19.6 Å². The minimum Gasteiger partial charge on any atom is -0.500 e. The van der Waals surface area contributed by atoms with E-state index in [0.717, 1.165) is 27.1 Å². The third kappa shape index (κ3) is 8.14. The second-order valence-corrected chi connectivity index (χ2v) is 19.8. The van der Waals surface area contributed by atoms with Gasteiger partial charge in [-0.3, -0.25) is 4.39 Å². The summed E-state index contributed by atoms with van der Waals surface area (Å²) in [6.45, 7) is 8.07. The minimum atomic E-state index is -2.61. The fourth-order valence-corrected chi connectivity index (χ4v) is 7.50. The van der Waals surface area contributed by atoms with E-state index in [-0.39, 0.29) is 60.3 Å². The van der Waals surface area contributed by atoms with Crippen molar-refractivity contribution < 1.29 is 42.6 Å². The Morgan fingerprint density at radius 2 is 1.51 bits per heavy atom. The van der Waals surface area contributed by atoms with Crippen molar-refractivity contribution in [3.8, 4) is 33.6 Å². The number of aromatic nitrogens is 2. The van der Waals surface area contributed by atoms with Crippen LogP contribution < -0.4 is 5.19 Å². The molecule has 55 heavy (non-hydrogen) atoms. The van der Waals surface area contributed by atoms with Gasteiger partial charge in [0.2, 0.25) is 0 Å². The molecule has 0 N–H and O–H groups in total. The fraction of sp³-hybridized carbons (Fsp3) is 0.224. The van der Waals surface area contributed by atoms with E-state index < -0.39 is 33.6 Å². The van der Waals surface area contributed by atoms with Gasteiger partial charge >= 0.3 is 0 Å². The van der Waals surface area contributed by atoms with Gasteiger partial charge in [-0.15, -0.1) is 48.0 Å². The summed E-state index contributed by atoms with van der Waals surface area (Å²) in [7, 11) is -2.33. The van der Waals surface area contributed by atoms with Gasteiger partial charge in [0, 0.05) is 60.1 Å². The number of benzene rings is 5. The summed E-state index contributed by atoms with van der Waals surface area (Å²) in [4.78, 5) is 8.67. The molecule has 3 nitrogen and oxygen atoms in total. The summed E-state index contributed by atoms with van der Waals surface area (Å²) in [5.74, 6) is -3.07. The Balaban J connectivity index is 0.000000326. The van der Waals surface area contributed by atoms with E-state index in [4.69, 9.17) is 12.6 Å². The van der Waals surface area contributed by atoms with Crippen LogP contribution in [-0.2, 0) is 20.1 Å². The average Bonchev–Trinajstić information content (AvgIpc) is 3.58. The average molecular weight is 929 g/mol. The zero-order chi connectivity index (χ0) is 46.9. The van der Waals surface area contributed by atoms with Gasteiger partial charge in [0.05, 0.1) is 16.4 Å². The minimum absolute atomic E-state index is 0. The van der Waals surface area contributed by atoms with Gasteiger partial charge in [-0.25, -0.2) is 0 Å². The molecule has 3 aromatic heterocycles. The van der Waals surface area contributed by atoms with Crippen molar-refractivity contribution in [3.63, 3.8) is 0 Å². The van der Waals surface area contributed by atoms with Gasteiger partial charge in [-0.05, 0) is 75.6 Å². The van der Waals surface area contributed by atoms with E-state index in [1.165, 1.54) is 30.6 Å². The molecule has 281 valence electrons. The largest absolute Gasteiger partial charge is 0.500 e. The zero-order valence-corrected chi connectivity index (χ0v) is 35.1. The summed E-state index contributed by atoms with van der Waals surface area (Å²) in [5, 5.41) is 4.37. The Morgan fingerprint density at radius 1 is 0.782 bits per heavy atom. The molecule has 0 fully saturated rings. The third-order valence-corrected chi connectivity index (χ3v) is 11.1. The number of aryl methyl sites for hydroxylation is 2. The first kappa shape index (κ1) is 28.6. The molecule has 0 bridgehead atoms. The predicted molar refractivity (Wildman–Crippen MR) is 228 cm³/mol. The Kier molecular flexibility index (Phi) is 8.41. The zero-order valence-electron chi connectivity index (χ0n) is 41.8. The van der Waals surface area contributed by atoms with Crippen molar-refractivity contribution in [1.82, 2.24) is 9.97 Å². The number of rotatable bonds is 6. The van der Waals surface area contributed by atoms with Crippen LogP contribution in [0.25, 0.3) is 66.4 Å². The molecule has 0 aliphatic heterocycles. The molecular formula is C49H47FIrN2OSi-2. The maximum atomic E-state index is 12.7. The molecule has 0 spiro atoms. The Morgan fingerprint density at radius 3 is 2.15 bits per heavy atom. The Hall–Kier alpha value is -4.74. The first-order valence-electron chi connectivity index (χ1n) is 22.8. The maximum Gasteiger partial charge on any atom is 0.128 e. The molecule has 0 aliphatic rings. The van der Waals surface area contributed by atoms with Gasteiger partial charge in [0.1, 0.15) is 5.58 Å². The summed E-state index contributed by atoms with van der Waals surface area (Å²) in [6, 6.07) is 30.8. The van der Waals surface area contributed by atoms with Crippen LogP contribution in [0.4, 0.5) is 4.39 Å². The normalized spacial score (nSPS) is 15.1. The number of nitrogens with zero attached hydrogens (tertiary/aromatic N) is 2. The molecule has 0 amide bonds. The molecule has 0 saturated carbocycles. The van der Waals surface area contributed by atoms with Crippen molar-refractivity contribution in [2.45, 2.75) is 72.8 Å². The molecule has 0 saturated heterocycles. The van der Waals surface area contributed by atoms with Crippen molar-refractivity contribution in [2.24, 2.45) is 0 Å². The molecule has 3 heterocycles. The van der Waals surface area contributed by atoms with Crippen LogP contribution in [0.3, 0.4) is 0 Å². The molecule has 8 aromatic rings. The van der Waals surface area contributed by atoms with Crippen molar-refractivity contribution in [1.29, 1.82) is 0 Å². The molecule has 8 rings (SSSR count). The van der Waals surface area contributed by atoms with Gasteiger partial charge in [-0.1, -0.05) is 130 Å².